The second-order valence-electron chi connectivity index (χ2n) is 3.01. The molecule has 0 spiro atoms. The molecule has 0 aliphatic heterocycles. The van der Waals surface area contributed by atoms with Crippen molar-refractivity contribution in [2.24, 2.45) is 0 Å². The monoisotopic (exact) mass is 223 g/mol. The van der Waals surface area contributed by atoms with Crippen LogP contribution in [0, 0.1) is 34.0 Å². The molecular formula is C12H9N5. The van der Waals surface area contributed by atoms with Gasteiger partial charge in [0, 0.05) is 7.05 Å². The van der Waals surface area contributed by atoms with Crippen molar-refractivity contribution in [1.29, 1.82) is 15.8 Å². The Kier molecular flexibility index (Phi) is 4.13. The summed E-state index contributed by atoms with van der Waals surface area (Å²) < 4.78 is 0. The zero-order valence-electron chi connectivity index (χ0n) is 9.15. The average Bonchev–Trinajstić information content (AvgIpc) is 2.39. The molecule has 0 atom stereocenters. The number of hydrogen-bond donors (Lipinski definition) is 2. The molecule has 17 heavy (non-hydrogen) atoms. The maximum absolute atomic E-state index is 8.89. The Morgan fingerprint density at radius 2 is 1.59 bits per heavy atom. The van der Waals surface area contributed by atoms with Crippen LogP contribution in [0.4, 0.5) is 11.4 Å². The molecule has 0 bridgehead atoms. The fourth-order valence-corrected chi connectivity index (χ4v) is 1.23. The molecule has 5 nitrogen and oxygen atoms in total. The predicted octanol–water partition coefficient (Wildman–Crippen LogP) is 1.97. The first-order valence-electron chi connectivity index (χ1n) is 4.75. The molecule has 1 aromatic rings. The van der Waals surface area contributed by atoms with Gasteiger partial charge in [-0.25, -0.2) is 0 Å². The quantitative estimate of drug-likeness (QED) is 0.763. The fourth-order valence-electron chi connectivity index (χ4n) is 1.23. The smallest absolute Gasteiger partial charge is 0.163 e. The normalized spacial score (nSPS) is 8.12. The third-order valence-corrected chi connectivity index (χ3v) is 2.04. The lowest BCUT2D eigenvalue weighted by molar-refractivity contribution is 1.36. The number of anilines is 2. The summed E-state index contributed by atoms with van der Waals surface area (Å²) in [6.07, 6.45) is 0. The van der Waals surface area contributed by atoms with E-state index in [1.807, 2.05) is 12.1 Å². The van der Waals surface area contributed by atoms with Gasteiger partial charge in [-0.3, -0.25) is 0 Å². The first-order valence-corrected chi connectivity index (χ1v) is 4.75. The predicted molar refractivity (Wildman–Crippen MR) is 63.5 cm³/mol. The van der Waals surface area contributed by atoms with Crippen LogP contribution in [0.15, 0.2) is 35.5 Å². The lowest BCUT2D eigenvalue weighted by Gasteiger charge is -2.10. The molecule has 1 aromatic carbocycles. The number of benzene rings is 1. The van der Waals surface area contributed by atoms with E-state index in [4.69, 9.17) is 15.8 Å². The molecule has 0 aliphatic rings. The Labute approximate surface area is 99.2 Å². The summed E-state index contributed by atoms with van der Waals surface area (Å²) in [5.74, 6) is 0. The third kappa shape index (κ3) is 2.75. The van der Waals surface area contributed by atoms with Gasteiger partial charge in [-0.05, 0) is 12.1 Å². The molecule has 0 radical (unpaired) electrons. The third-order valence-electron chi connectivity index (χ3n) is 2.04. The van der Waals surface area contributed by atoms with Crippen LogP contribution in [-0.4, -0.2) is 7.05 Å². The van der Waals surface area contributed by atoms with E-state index in [0.29, 0.717) is 5.69 Å². The summed E-state index contributed by atoms with van der Waals surface area (Å²) in [6, 6.07) is 12.3. The molecule has 0 heterocycles. The maximum atomic E-state index is 8.89. The van der Waals surface area contributed by atoms with Gasteiger partial charge in [0.05, 0.1) is 11.4 Å². The van der Waals surface area contributed by atoms with E-state index in [2.05, 4.69) is 10.6 Å². The van der Waals surface area contributed by atoms with Gasteiger partial charge in [0.1, 0.15) is 23.9 Å². The van der Waals surface area contributed by atoms with Gasteiger partial charge in [0.25, 0.3) is 0 Å². The summed E-state index contributed by atoms with van der Waals surface area (Å²) in [4.78, 5) is 0. The van der Waals surface area contributed by atoms with Crippen molar-refractivity contribution in [2.75, 3.05) is 17.7 Å². The Balaban J connectivity index is 3.15. The molecule has 1 rings (SSSR count). The minimum atomic E-state index is -0.238. The molecule has 0 amide bonds. The van der Waals surface area contributed by atoms with E-state index in [1.165, 1.54) is 0 Å². The number of nitrogens with zero attached hydrogens (tertiary/aromatic N) is 3. The second-order valence-corrected chi connectivity index (χ2v) is 3.01. The summed E-state index contributed by atoms with van der Waals surface area (Å²) in [5.41, 5.74) is 1.11. The second kappa shape index (κ2) is 5.80. The largest absolute Gasteiger partial charge is 0.386 e. The highest BCUT2D eigenvalue weighted by Crippen LogP contribution is 2.22. The van der Waals surface area contributed by atoms with Crippen molar-refractivity contribution < 1.29 is 0 Å². The summed E-state index contributed by atoms with van der Waals surface area (Å²) in [7, 11) is 1.74. The van der Waals surface area contributed by atoms with Gasteiger partial charge in [-0.2, -0.15) is 15.8 Å². The van der Waals surface area contributed by atoms with Crippen molar-refractivity contribution in [3.8, 4) is 18.2 Å². The van der Waals surface area contributed by atoms with Crippen LogP contribution in [0.1, 0.15) is 0 Å². The van der Waals surface area contributed by atoms with E-state index in [0.717, 1.165) is 5.69 Å². The zero-order valence-corrected chi connectivity index (χ0v) is 9.15. The topological polar surface area (TPSA) is 95.4 Å². The number of nitriles is 3. The standard InChI is InChI=1S/C12H9N5/c1-16-10-4-2-3-5-11(10)17-12(8-15)9(6-13)7-14/h2-5,16-17H,1H3. The van der Waals surface area contributed by atoms with E-state index in [9.17, 15) is 0 Å². The average molecular weight is 223 g/mol. The van der Waals surface area contributed by atoms with Gasteiger partial charge in [0.15, 0.2) is 5.57 Å². The maximum Gasteiger partial charge on any atom is 0.163 e. The van der Waals surface area contributed by atoms with Gasteiger partial charge in [-0.1, -0.05) is 12.1 Å². The first-order chi connectivity index (χ1) is 8.26. The molecular weight excluding hydrogens is 214 g/mol. The van der Waals surface area contributed by atoms with Crippen LogP contribution in [0.25, 0.3) is 0 Å². The van der Waals surface area contributed by atoms with Crippen LogP contribution in [-0.2, 0) is 0 Å². The Bertz CT molecular complexity index is 550. The van der Waals surface area contributed by atoms with Crippen molar-refractivity contribution >= 4 is 11.4 Å². The van der Waals surface area contributed by atoms with Crippen LogP contribution in [0.5, 0.6) is 0 Å². The summed E-state index contributed by atoms with van der Waals surface area (Å²) >= 11 is 0. The number of rotatable bonds is 3. The van der Waals surface area contributed by atoms with Crippen LogP contribution < -0.4 is 10.6 Å². The molecule has 0 unspecified atom stereocenters. The number of allylic oxidation sites excluding steroid dienone is 2. The van der Waals surface area contributed by atoms with E-state index in [-0.39, 0.29) is 11.3 Å². The molecule has 0 saturated carbocycles. The highest BCUT2D eigenvalue weighted by Gasteiger charge is 2.07. The van der Waals surface area contributed by atoms with Gasteiger partial charge in [0.2, 0.25) is 0 Å². The Morgan fingerprint density at radius 3 is 2.06 bits per heavy atom. The summed E-state index contributed by atoms with van der Waals surface area (Å²) in [5, 5.41) is 32.0. The Morgan fingerprint density at radius 1 is 1.00 bits per heavy atom. The van der Waals surface area contributed by atoms with E-state index >= 15 is 0 Å². The van der Waals surface area contributed by atoms with Crippen molar-refractivity contribution in [3.63, 3.8) is 0 Å². The lowest BCUT2D eigenvalue weighted by Crippen LogP contribution is -2.03. The highest BCUT2D eigenvalue weighted by molar-refractivity contribution is 5.72. The number of para-hydroxylation sites is 2. The van der Waals surface area contributed by atoms with Crippen LogP contribution in [0.2, 0.25) is 0 Å². The van der Waals surface area contributed by atoms with Crippen LogP contribution >= 0.6 is 0 Å². The van der Waals surface area contributed by atoms with Crippen molar-refractivity contribution in [1.82, 2.24) is 0 Å². The highest BCUT2D eigenvalue weighted by atomic mass is 14.9. The minimum Gasteiger partial charge on any atom is -0.386 e. The SMILES string of the molecule is CNc1ccccc1NC(C#N)=C(C#N)C#N. The first kappa shape index (κ1) is 12.1. The molecule has 5 heteroatoms. The molecule has 0 saturated heterocycles. The molecule has 82 valence electrons. The fraction of sp³-hybridized carbons (Fsp3) is 0.0833. The molecule has 0 fully saturated rings. The van der Waals surface area contributed by atoms with Gasteiger partial charge in [-0.15, -0.1) is 0 Å². The summed E-state index contributed by atoms with van der Waals surface area (Å²) in [6.45, 7) is 0. The van der Waals surface area contributed by atoms with Crippen molar-refractivity contribution in [3.05, 3.63) is 35.5 Å². The van der Waals surface area contributed by atoms with E-state index < -0.39 is 0 Å². The minimum absolute atomic E-state index is 0.0577. The molecule has 2 N–H and O–H groups in total. The van der Waals surface area contributed by atoms with Gasteiger partial charge >= 0.3 is 0 Å². The zero-order chi connectivity index (χ0) is 12.7. The molecule has 0 aliphatic carbocycles. The molecule has 0 aromatic heterocycles. The van der Waals surface area contributed by atoms with Crippen LogP contribution in [0.3, 0.4) is 0 Å². The number of hydrogen-bond acceptors (Lipinski definition) is 5. The Hall–Kier alpha value is -2.97. The van der Waals surface area contributed by atoms with Crippen molar-refractivity contribution in [2.45, 2.75) is 0 Å². The van der Waals surface area contributed by atoms with Gasteiger partial charge < -0.3 is 10.6 Å². The van der Waals surface area contributed by atoms with E-state index in [1.54, 1.807) is 37.4 Å². The number of nitrogens with one attached hydrogen (secondary N) is 2. The lowest BCUT2D eigenvalue weighted by atomic mass is 10.2.